The number of aliphatic carboxylic acids is 1. The lowest BCUT2D eigenvalue weighted by Crippen LogP contribution is -2.06. The summed E-state index contributed by atoms with van der Waals surface area (Å²) in [6.45, 7) is 1.69. The van der Waals surface area contributed by atoms with E-state index in [4.69, 9.17) is 16.7 Å². The Hall–Kier alpha value is -1.06. The van der Waals surface area contributed by atoms with Gasteiger partial charge in [-0.05, 0) is 35.4 Å². The van der Waals surface area contributed by atoms with Crippen LogP contribution in [-0.2, 0) is 4.79 Å². The zero-order valence-electron chi connectivity index (χ0n) is 8.03. The molecule has 2 rings (SSSR count). The van der Waals surface area contributed by atoms with Crippen molar-refractivity contribution in [3.8, 4) is 0 Å². The molecule has 2 aromatic rings. The highest BCUT2D eigenvalue weighted by Crippen LogP contribution is 2.33. The number of carboxylic acids is 1. The molecule has 0 fully saturated rings. The molecule has 0 saturated carbocycles. The molecule has 4 heteroatoms. The summed E-state index contributed by atoms with van der Waals surface area (Å²) in [6.07, 6.45) is 0. The molecule has 1 heterocycles. The molecule has 1 aromatic carbocycles. The second kappa shape index (κ2) is 3.83. The van der Waals surface area contributed by atoms with E-state index in [1.165, 1.54) is 11.3 Å². The van der Waals surface area contributed by atoms with Crippen LogP contribution in [0.15, 0.2) is 23.6 Å². The summed E-state index contributed by atoms with van der Waals surface area (Å²) in [7, 11) is 0. The number of benzene rings is 1. The van der Waals surface area contributed by atoms with Gasteiger partial charge in [0.15, 0.2) is 0 Å². The van der Waals surface area contributed by atoms with Gasteiger partial charge >= 0.3 is 5.97 Å². The van der Waals surface area contributed by atoms with Crippen molar-refractivity contribution in [2.75, 3.05) is 0 Å². The monoisotopic (exact) mass is 240 g/mol. The molecule has 1 unspecified atom stereocenters. The minimum atomic E-state index is -0.801. The molecule has 78 valence electrons. The summed E-state index contributed by atoms with van der Waals surface area (Å²) >= 11 is 7.39. The van der Waals surface area contributed by atoms with Gasteiger partial charge in [-0.25, -0.2) is 0 Å². The van der Waals surface area contributed by atoms with Gasteiger partial charge in [-0.3, -0.25) is 4.79 Å². The van der Waals surface area contributed by atoms with Crippen LogP contribution in [0.1, 0.15) is 18.4 Å². The topological polar surface area (TPSA) is 37.3 Å². The zero-order chi connectivity index (χ0) is 11.0. The van der Waals surface area contributed by atoms with Crippen LogP contribution in [0.25, 0.3) is 10.1 Å². The first kappa shape index (κ1) is 10.5. The van der Waals surface area contributed by atoms with Crippen molar-refractivity contribution in [3.05, 3.63) is 34.2 Å². The normalized spacial score (nSPS) is 12.9. The van der Waals surface area contributed by atoms with Gasteiger partial charge in [-0.1, -0.05) is 17.7 Å². The van der Waals surface area contributed by atoms with Crippen molar-refractivity contribution in [2.45, 2.75) is 12.8 Å². The maximum atomic E-state index is 10.9. The van der Waals surface area contributed by atoms with E-state index in [0.717, 1.165) is 15.6 Å². The van der Waals surface area contributed by atoms with E-state index >= 15 is 0 Å². The van der Waals surface area contributed by atoms with Gasteiger partial charge in [0.05, 0.1) is 5.92 Å². The number of hydrogen-bond donors (Lipinski definition) is 1. The van der Waals surface area contributed by atoms with Crippen molar-refractivity contribution >= 4 is 39.0 Å². The standard InChI is InChI=1S/C11H9ClO2S/c1-6(11(13)14)9-5-15-10-4-7(12)2-3-8(9)10/h2-6H,1H3,(H,13,14). The molecule has 0 bridgehead atoms. The quantitative estimate of drug-likeness (QED) is 0.868. The van der Waals surface area contributed by atoms with Gasteiger partial charge in [0.1, 0.15) is 0 Å². The molecule has 1 N–H and O–H groups in total. The lowest BCUT2D eigenvalue weighted by Gasteiger charge is -2.04. The third-order valence-electron chi connectivity index (χ3n) is 2.40. The molecule has 0 aliphatic heterocycles. The Kier molecular flexibility index (Phi) is 2.67. The van der Waals surface area contributed by atoms with Gasteiger partial charge in [0.2, 0.25) is 0 Å². The first-order valence-electron chi connectivity index (χ1n) is 4.49. The summed E-state index contributed by atoms with van der Waals surface area (Å²) in [5.41, 5.74) is 0.860. The highest BCUT2D eigenvalue weighted by Gasteiger charge is 2.17. The average Bonchev–Trinajstić information content (AvgIpc) is 2.59. The molecule has 0 aliphatic carbocycles. The SMILES string of the molecule is CC(C(=O)O)c1csc2cc(Cl)ccc12. The second-order valence-corrected chi connectivity index (χ2v) is 4.74. The van der Waals surface area contributed by atoms with Crippen LogP contribution in [0, 0.1) is 0 Å². The molecule has 0 radical (unpaired) electrons. The van der Waals surface area contributed by atoms with Gasteiger partial charge in [0, 0.05) is 9.72 Å². The molecule has 0 aliphatic rings. The number of carbonyl (C=O) groups is 1. The Morgan fingerprint density at radius 3 is 2.93 bits per heavy atom. The molecule has 0 amide bonds. The lowest BCUT2D eigenvalue weighted by molar-refractivity contribution is -0.138. The van der Waals surface area contributed by atoms with Gasteiger partial charge in [0.25, 0.3) is 0 Å². The first-order valence-corrected chi connectivity index (χ1v) is 5.75. The molecule has 2 nitrogen and oxygen atoms in total. The van der Waals surface area contributed by atoms with Crippen molar-refractivity contribution in [1.29, 1.82) is 0 Å². The fraction of sp³-hybridized carbons (Fsp3) is 0.182. The van der Waals surface area contributed by atoms with E-state index in [9.17, 15) is 4.79 Å². The molecular formula is C11H9ClO2S. The second-order valence-electron chi connectivity index (χ2n) is 3.39. The van der Waals surface area contributed by atoms with Crippen LogP contribution in [0.3, 0.4) is 0 Å². The van der Waals surface area contributed by atoms with Crippen LogP contribution < -0.4 is 0 Å². The van der Waals surface area contributed by atoms with Crippen LogP contribution in [0.4, 0.5) is 0 Å². The predicted octanol–water partition coefficient (Wildman–Crippen LogP) is 3.74. The van der Waals surface area contributed by atoms with E-state index in [1.54, 1.807) is 13.0 Å². The Morgan fingerprint density at radius 2 is 2.27 bits per heavy atom. The van der Waals surface area contributed by atoms with Crippen LogP contribution in [0.2, 0.25) is 5.02 Å². The van der Waals surface area contributed by atoms with Crippen LogP contribution >= 0.6 is 22.9 Å². The highest BCUT2D eigenvalue weighted by atomic mass is 35.5. The largest absolute Gasteiger partial charge is 0.481 e. The number of halogens is 1. The fourth-order valence-corrected chi connectivity index (χ4v) is 2.82. The Bertz CT molecular complexity index is 518. The van der Waals surface area contributed by atoms with Gasteiger partial charge < -0.3 is 5.11 Å². The number of fused-ring (bicyclic) bond motifs is 1. The van der Waals surface area contributed by atoms with E-state index < -0.39 is 11.9 Å². The van der Waals surface area contributed by atoms with E-state index in [0.29, 0.717) is 5.02 Å². The number of carboxylic acid groups (broad SMARTS) is 1. The zero-order valence-corrected chi connectivity index (χ0v) is 9.60. The van der Waals surface area contributed by atoms with E-state index in [1.807, 2.05) is 17.5 Å². The molecule has 1 atom stereocenters. The van der Waals surface area contributed by atoms with Crippen molar-refractivity contribution in [1.82, 2.24) is 0 Å². The summed E-state index contributed by atoms with van der Waals surface area (Å²) in [4.78, 5) is 10.9. The maximum absolute atomic E-state index is 10.9. The molecule has 0 saturated heterocycles. The predicted molar refractivity (Wildman–Crippen MR) is 62.9 cm³/mol. The summed E-state index contributed by atoms with van der Waals surface area (Å²) < 4.78 is 1.03. The van der Waals surface area contributed by atoms with E-state index in [-0.39, 0.29) is 0 Å². The molecular weight excluding hydrogens is 232 g/mol. The van der Waals surface area contributed by atoms with Gasteiger partial charge in [-0.15, -0.1) is 11.3 Å². The first-order chi connectivity index (χ1) is 7.09. The van der Waals surface area contributed by atoms with Crippen molar-refractivity contribution in [2.24, 2.45) is 0 Å². The minimum Gasteiger partial charge on any atom is -0.481 e. The van der Waals surface area contributed by atoms with Crippen molar-refractivity contribution in [3.63, 3.8) is 0 Å². The average molecular weight is 241 g/mol. The van der Waals surface area contributed by atoms with E-state index in [2.05, 4.69) is 0 Å². The Morgan fingerprint density at radius 1 is 1.53 bits per heavy atom. The summed E-state index contributed by atoms with van der Waals surface area (Å²) in [5, 5.41) is 12.5. The third kappa shape index (κ3) is 1.85. The molecule has 1 aromatic heterocycles. The molecule has 15 heavy (non-hydrogen) atoms. The number of thiophene rings is 1. The molecule has 0 spiro atoms. The number of hydrogen-bond acceptors (Lipinski definition) is 2. The van der Waals surface area contributed by atoms with Gasteiger partial charge in [-0.2, -0.15) is 0 Å². The third-order valence-corrected chi connectivity index (χ3v) is 3.60. The summed E-state index contributed by atoms with van der Waals surface area (Å²) in [5.74, 6) is -1.27. The summed E-state index contributed by atoms with van der Waals surface area (Å²) in [6, 6.07) is 5.53. The lowest BCUT2D eigenvalue weighted by atomic mass is 10.0. The van der Waals surface area contributed by atoms with Crippen LogP contribution in [-0.4, -0.2) is 11.1 Å². The minimum absolute atomic E-state index is 0.472. The Balaban J connectivity index is 2.59. The number of rotatable bonds is 2. The Labute approximate surface area is 96.1 Å². The highest BCUT2D eigenvalue weighted by molar-refractivity contribution is 7.17. The maximum Gasteiger partial charge on any atom is 0.310 e. The fourth-order valence-electron chi connectivity index (χ4n) is 1.49. The van der Waals surface area contributed by atoms with Crippen LogP contribution in [0.5, 0.6) is 0 Å². The van der Waals surface area contributed by atoms with Crippen molar-refractivity contribution < 1.29 is 9.90 Å². The smallest absolute Gasteiger partial charge is 0.310 e.